The summed E-state index contributed by atoms with van der Waals surface area (Å²) in [5.41, 5.74) is 2.15. The highest BCUT2D eigenvalue weighted by Crippen LogP contribution is 2.24. The molecule has 4 heteroatoms. The molecule has 0 saturated carbocycles. The van der Waals surface area contributed by atoms with Crippen LogP contribution in [0.4, 0.5) is 0 Å². The van der Waals surface area contributed by atoms with Gasteiger partial charge in [-0.05, 0) is 49.4 Å². The van der Waals surface area contributed by atoms with Gasteiger partial charge < -0.3 is 4.90 Å². The van der Waals surface area contributed by atoms with E-state index in [4.69, 9.17) is 0 Å². The largest absolute Gasteiger partial charge is 0.334 e. The Labute approximate surface area is 168 Å². The van der Waals surface area contributed by atoms with Crippen molar-refractivity contribution in [2.45, 2.75) is 37.1 Å². The van der Waals surface area contributed by atoms with E-state index >= 15 is 0 Å². The first-order chi connectivity index (χ1) is 12.7. The molecule has 1 amide bonds. The van der Waals surface area contributed by atoms with Crippen LogP contribution in [0, 0.1) is 0 Å². The summed E-state index contributed by atoms with van der Waals surface area (Å²) in [6.07, 6.45) is 6.41. The van der Waals surface area contributed by atoms with E-state index in [-0.39, 0.29) is 5.91 Å². The zero-order chi connectivity index (χ0) is 18.2. The molecule has 26 heavy (non-hydrogen) atoms. The summed E-state index contributed by atoms with van der Waals surface area (Å²) in [6, 6.07) is 18.5. The van der Waals surface area contributed by atoms with Crippen molar-refractivity contribution in [2.75, 3.05) is 12.3 Å². The van der Waals surface area contributed by atoms with Gasteiger partial charge in [0.25, 0.3) is 0 Å². The number of thioether (sulfide) groups is 1. The highest BCUT2D eigenvalue weighted by molar-refractivity contribution is 9.10. The van der Waals surface area contributed by atoms with Crippen molar-refractivity contribution in [1.82, 2.24) is 4.90 Å². The Kier molecular flexibility index (Phi) is 7.39. The molecule has 0 aliphatic heterocycles. The summed E-state index contributed by atoms with van der Waals surface area (Å²) in [5, 5.41) is 0. The molecule has 0 radical (unpaired) electrons. The Morgan fingerprint density at radius 1 is 1.04 bits per heavy atom. The lowest BCUT2D eigenvalue weighted by Gasteiger charge is -2.26. The quantitative estimate of drug-likeness (QED) is 0.497. The molecule has 1 aliphatic carbocycles. The molecule has 0 bridgehead atoms. The standard InChI is InChI=1S/C22H24BrNOS/c23-21-14-8-7-11-19(21)17-24(22(25)18-9-3-1-4-10-18)15-16-26-20-12-5-2-6-13-20/h2,5-9,11-14H,1,3-4,10,15-17H2. The average molecular weight is 430 g/mol. The summed E-state index contributed by atoms with van der Waals surface area (Å²) in [5.74, 6) is 1.10. The Hall–Kier alpha value is -1.52. The number of amides is 1. The molecule has 0 N–H and O–H groups in total. The van der Waals surface area contributed by atoms with Crippen LogP contribution in [0.5, 0.6) is 0 Å². The molecule has 0 heterocycles. The smallest absolute Gasteiger partial charge is 0.249 e. The van der Waals surface area contributed by atoms with E-state index in [9.17, 15) is 4.79 Å². The van der Waals surface area contributed by atoms with Crippen LogP contribution in [-0.4, -0.2) is 23.1 Å². The number of carbonyl (C=O) groups excluding carboxylic acids is 1. The van der Waals surface area contributed by atoms with Gasteiger partial charge >= 0.3 is 0 Å². The minimum absolute atomic E-state index is 0.203. The van der Waals surface area contributed by atoms with Gasteiger partial charge in [-0.15, -0.1) is 11.8 Å². The average Bonchev–Trinajstić information content (AvgIpc) is 2.70. The molecular weight excluding hydrogens is 406 g/mol. The van der Waals surface area contributed by atoms with E-state index < -0.39 is 0 Å². The first kappa shape index (κ1) is 19.2. The third-order valence-electron chi connectivity index (χ3n) is 4.55. The molecule has 3 rings (SSSR count). The van der Waals surface area contributed by atoms with Crippen molar-refractivity contribution >= 4 is 33.6 Å². The number of halogens is 1. The van der Waals surface area contributed by atoms with E-state index in [0.29, 0.717) is 6.54 Å². The normalized spacial score (nSPS) is 14.0. The van der Waals surface area contributed by atoms with Crippen LogP contribution in [0.1, 0.15) is 31.2 Å². The van der Waals surface area contributed by atoms with E-state index in [1.54, 1.807) is 11.8 Å². The van der Waals surface area contributed by atoms with Crippen LogP contribution in [0.3, 0.4) is 0 Å². The highest BCUT2D eigenvalue weighted by Gasteiger charge is 2.20. The number of benzene rings is 2. The van der Waals surface area contributed by atoms with Crippen molar-refractivity contribution in [1.29, 1.82) is 0 Å². The van der Waals surface area contributed by atoms with Crippen molar-refractivity contribution in [3.8, 4) is 0 Å². The fourth-order valence-corrected chi connectivity index (χ4v) is 4.42. The third kappa shape index (κ3) is 5.49. The fourth-order valence-electron chi connectivity index (χ4n) is 3.11. The monoisotopic (exact) mass is 429 g/mol. The van der Waals surface area contributed by atoms with E-state index in [0.717, 1.165) is 47.2 Å². The van der Waals surface area contributed by atoms with Gasteiger partial charge in [0.05, 0.1) is 0 Å². The van der Waals surface area contributed by atoms with Crippen LogP contribution in [-0.2, 0) is 11.3 Å². The second-order valence-electron chi connectivity index (χ2n) is 6.45. The zero-order valence-electron chi connectivity index (χ0n) is 14.9. The fraction of sp³-hybridized carbons (Fsp3) is 0.318. The molecule has 1 aliphatic rings. The van der Waals surface area contributed by atoms with Gasteiger partial charge in [-0.2, -0.15) is 0 Å². The number of carbonyl (C=O) groups is 1. The predicted molar refractivity (Wildman–Crippen MR) is 113 cm³/mol. The molecule has 2 aromatic rings. The maximum Gasteiger partial charge on any atom is 0.249 e. The van der Waals surface area contributed by atoms with Crippen LogP contribution < -0.4 is 0 Å². The molecule has 2 nitrogen and oxygen atoms in total. The molecular formula is C22H24BrNOS. The van der Waals surface area contributed by atoms with Gasteiger partial charge in [0.15, 0.2) is 0 Å². The maximum absolute atomic E-state index is 13.1. The first-order valence-corrected chi connectivity index (χ1v) is 10.9. The van der Waals surface area contributed by atoms with Gasteiger partial charge in [0, 0.05) is 33.8 Å². The van der Waals surface area contributed by atoms with E-state index in [2.05, 4.69) is 52.3 Å². The van der Waals surface area contributed by atoms with Gasteiger partial charge in [0.1, 0.15) is 0 Å². The van der Waals surface area contributed by atoms with Gasteiger partial charge in [-0.25, -0.2) is 0 Å². The van der Waals surface area contributed by atoms with E-state index in [1.165, 1.54) is 11.3 Å². The minimum Gasteiger partial charge on any atom is -0.334 e. The Morgan fingerprint density at radius 2 is 1.81 bits per heavy atom. The van der Waals surface area contributed by atoms with Crippen LogP contribution in [0.15, 0.2) is 75.6 Å². The third-order valence-corrected chi connectivity index (χ3v) is 6.31. The molecule has 0 fully saturated rings. The van der Waals surface area contributed by atoms with Crippen molar-refractivity contribution < 1.29 is 4.79 Å². The Morgan fingerprint density at radius 3 is 2.54 bits per heavy atom. The predicted octanol–water partition coefficient (Wildman–Crippen LogP) is 6.07. The second-order valence-corrected chi connectivity index (χ2v) is 8.48. The lowest BCUT2D eigenvalue weighted by molar-refractivity contribution is -0.127. The lowest BCUT2D eigenvalue weighted by atomic mass is 9.98. The molecule has 0 atom stereocenters. The van der Waals surface area contributed by atoms with E-state index in [1.807, 2.05) is 29.2 Å². The van der Waals surface area contributed by atoms with Gasteiger partial charge in [-0.1, -0.05) is 58.4 Å². The topological polar surface area (TPSA) is 20.3 Å². The summed E-state index contributed by atoms with van der Waals surface area (Å²) >= 11 is 5.42. The Bertz CT molecular complexity index is 760. The van der Waals surface area contributed by atoms with Gasteiger partial charge in [-0.3, -0.25) is 4.79 Å². The molecule has 0 unspecified atom stereocenters. The highest BCUT2D eigenvalue weighted by atomic mass is 79.9. The summed E-state index contributed by atoms with van der Waals surface area (Å²) in [7, 11) is 0. The SMILES string of the molecule is O=C(C1=CCCCC1)N(CCSc1ccccc1)Cc1ccccc1Br. The maximum atomic E-state index is 13.1. The second kappa shape index (κ2) is 9.98. The summed E-state index contributed by atoms with van der Waals surface area (Å²) in [6.45, 7) is 1.39. The zero-order valence-corrected chi connectivity index (χ0v) is 17.3. The van der Waals surface area contributed by atoms with Gasteiger partial charge in [0.2, 0.25) is 5.91 Å². The number of hydrogen-bond donors (Lipinski definition) is 0. The minimum atomic E-state index is 0.203. The number of hydrogen-bond acceptors (Lipinski definition) is 2. The molecule has 2 aromatic carbocycles. The molecule has 0 aromatic heterocycles. The van der Waals surface area contributed by atoms with Crippen LogP contribution >= 0.6 is 27.7 Å². The van der Waals surface area contributed by atoms with Crippen molar-refractivity contribution in [2.24, 2.45) is 0 Å². The Balaban J connectivity index is 1.69. The molecule has 0 saturated heterocycles. The van der Waals surface area contributed by atoms with Crippen molar-refractivity contribution in [3.63, 3.8) is 0 Å². The van der Waals surface area contributed by atoms with Crippen LogP contribution in [0.2, 0.25) is 0 Å². The summed E-state index contributed by atoms with van der Waals surface area (Å²) < 4.78 is 1.06. The number of rotatable bonds is 7. The lowest BCUT2D eigenvalue weighted by Crippen LogP contribution is -2.34. The summed E-state index contributed by atoms with van der Waals surface area (Å²) in [4.78, 5) is 16.3. The molecule has 136 valence electrons. The molecule has 0 spiro atoms. The number of nitrogens with zero attached hydrogens (tertiary/aromatic N) is 1. The number of allylic oxidation sites excluding steroid dienone is 1. The first-order valence-electron chi connectivity index (χ1n) is 9.13. The van der Waals surface area contributed by atoms with Crippen molar-refractivity contribution in [3.05, 3.63) is 76.3 Å². The van der Waals surface area contributed by atoms with Crippen LogP contribution in [0.25, 0.3) is 0 Å².